The fourth-order valence-corrected chi connectivity index (χ4v) is 3.12. The van der Waals surface area contributed by atoms with Crippen LogP contribution in [-0.2, 0) is 6.54 Å². The van der Waals surface area contributed by atoms with Crippen molar-refractivity contribution in [2.75, 3.05) is 0 Å². The summed E-state index contributed by atoms with van der Waals surface area (Å²) in [4.78, 5) is 24.0. The molecule has 0 bridgehead atoms. The second-order valence-corrected chi connectivity index (χ2v) is 6.26. The summed E-state index contributed by atoms with van der Waals surface area (Å²) in [7, 11) is 0. The highest BCUT2D eigenvalue weighted by molar-refractivity contribution is 7.16. The van der Waals surface area contributed by atoms with Gasteiger partial charge in [0.15, 0.2) is 0 Å². The zero-order chi connectivity index (χ0) is 16.3. The Morgan fingerprint density at radius 2 is 2.00 bits per heavy atom. The number of nitrogens with one attached hydrogen (secondary N) is 1. The number of aromatic hydroxyl groups is 1. The number of carbonyl (C=O) groups is 2. The summed E-state index contributed by atoms with van der Waals surface area (Å²) in [5.74, 6) is -1.16. The van der Waals surface area contributed by atoms with Gasteiger partial charge in [0.2, 0.25) is 0 Å². The zero-order valence-corrected chi connectivity index (χ0v) is 13.1. The number of carboxylic acid groups (broad SMARTS) is 1. The van der Waals surface area contributed by atoms with Gasteiger partial charge in [-0.25, -0.2) is 4.79 Å². The number of phenols is 1. The van der Waals surface area contributed by atoms with Crippen LogP contribution < -0.4 is 5.32 Å². The van der Waals surface area contributed by atoms with Gasteiger partial charge in [0.05, 0.1) is 4.88 Å². The second kappa shape index (κ2) is 6.62. The van der Waals surface area contributed by atoms with E-state index in [1.165, 1.54) is 0 Å². The Bertz CT molecular complexity index is 706. The number of benzene rings is 1. The number of aromatic carboxylic acids is 1. The molecule has 0 saturated heterocycles. The van der Waals surface area contributed by atoms with Crippen LogP contribution in [-0.4, -0.2) is 22.1 Å². The van der Waals surface area contributed by atoms with Gasteiger partial charge < -0.3 is 15.5 Å². The molecule has 0 fully saturated rings. The first-order chi connectivity index (χ1) is 10.4. The minimum Gasteiger partial charge on any atom is -0.508 e. The molecule has 22 heavy (non-hydrogen) atoms. The van der Waals surface area contributed by atoms with Crippen molar-refractivity contribution in [2.45, 2.75) is 26.3 Å². The van der Waals surface area contributed by atoms with Gasteiger partial charge >= 0.3 is 5.97 Å². The van der Waals surface area contributed by atoms with Gasteiger partial charge in [0, 0.05) is 6.54 Å². The van der Waals surface area contributed by atoms with Crippen LogP contribution in [0.25, 0.3) is 0 Å². The Kier molecular flexibility index (Phi) is 4.82. The fourth-order valence-electron chi connectivity index (χ4n) is 2.05. The molecule has 116 valence electrons. The van der Waals surface area contributed by atoms with Gasteiger partial charge in [-0.3, -0.25) is 4.79 Å². The lowest BCUT2D eigenvalue weighted by atomic mass is 10.0. The normalized spacial score (nSPS) is 10.7. The number of carbonyl (C=O) groups excluding carboxylic acids is 1. The lowest BCUT2D eigenvalue weighted by Crippen LogP contribution is -2.21. The number of carboxylic acids is 1. The quantitative estimate of drug-likeness (QED) is 0.790. The smallest absolute Gasteiger partial charge is 0.346 e. The first-order valence-electron chi connectivity index (χ1n) is 6.81. The molecule has 1 aromatic heterocycles. The Morgan fingerprint density at radius 1 is 1.27 bits per heavy atom. The molecule has 0 unspecified atom stereocenters. The minimum atomic E-state index is -1.01. The van der Waals surface area contributed by atoms with Gasteiger partial charge in [-0.2, -0.15) is 0 Å². The number of hydrogen-bond donors (Lipinski definition) is 3. The van der Waals surface area contributed by atoms with Gasteiger partial charge in [-0.1, -0.05) is 26.0 Å². The average Bonchev–Trinajstić information content (AvgIpc) is 2.90. The maximum Gasteiger partial charge on any atom is 0.346 e. The molecule has 2 aromatic rings. The third kappa shape index (κ3) is 3.65. The summed E-state index contributed by atoms with van der Waals surface area (Å²) in [5.41, 5.74) is 1.44. The zero-order valence-electron chi connectivity index (χ0n) is 12.3. The topological polar surface area (TPSA) is 86.6 Å². The first kappa shape index (κ1) is 16.0. The molecule has 1 amide bonds. The number of amides is 1. The van der Waals surface area contributed by atoms with Gasteiger partial charge in [0.25, 0.3) is 5.91 Å². The number of thiophene rings is 1. The molecule has 2 rings (SSSR count). The number of phenolic OH excluding ortho intramolecular Hbond substituents is 1. The van der Waals surface area contributed by atoms with Crippen molar-refractivity contribution in [1.29, 1.82) is 0 Å². The highest BCUT2D eigenvalue weighted by Crippen LogP contribution is 2.28. The Hall–Kier alpha value is -2.34. The van der Waals surface area contributed by atoms with E-state index in [4.69, 9.17) is 0 Å². The van der Waals surface area contributed by atoms with Crippen LogP contribution in [0.5, 0.6) is 5.75 Å². The Balaban J connectivity index is 2.13. The molecule has 0 atom stereocenters. The monoisotopic (exact) mass is 319 g/mol. The maximum absolute atomic E-state index is 12.2. The third-order valence-electron chi connectivity index (χ3n) is 3.16. The van der Waals surface area contributed by atoms with Crippen molar-refractivity contribution < 1.29 is 19.8 Å². The fraction of sp³-hybridized carbons (Fsp3) is 0.250. The largest absolute Gasteiger partial charge is 0.508 e. The summed E-state index contributed by atoms with van der Waals surface area (Å²) in [6, 6.07) is 8.24. The molecule has 0 aliphatic carbocycles. The molecule has 6 heteroatoms. The molecule has 0 spiro atoms. The second-order valence-electron chi connectivity index (χ2n) is 5.21. The van der Waals surface area contributed by atoms with Crippen molar-refractivity contribution in [3.63, 3.8) is 0 Å². The van der Waals surface area contributed by atoms with Crippen LogP contribution in [0.1, 0.15) is 50.2 Å². The first-order valence-corrected chi connectivity index (χ1v) is 7.63. The molecular weight excluding hydrogens is 302 g/mol. The highest BCUT2D eigenvalue weighted by atomic mass is 32.1. The number of rotatable bonds is 5. The van der Waals surface area contributed by atoms with E-state index in [1.807, 2.05) is 13.8 Å². The van der Waals surface area contributed by atoms with Crippen LogP contribution in [0.4, 0.5) is 0 Å². The number of hydrogen-bond acceptors (Lipinski definition) is 4. The molecule has 0 saturated carbocycles. The SMILES string of the molecule is CC(C)c1cc(C(=O)NCc2cccc(O)c2)sc1C(=O)O. The van der Waals surface area contributed by atoms with Crippen LogP contribution in [0, 0.1) is 0 Å². The summed E-state index contributed by atoms with van der Waals surface area (Å²) >= 11 is 0.981. The highest BCUT2D eigenvalue weighted by Gasteiger charge is 2.20. The summed E-state index contributed by atoms with van der Waals surface area (Å²) in [6.45, 7) is 4.05. The van der Waals surface area contributed by atoms with Crippen molar-refractivity contribution in [3.8, 4) is 5.75 Å². The van der Waals surface area contributed by atoms with E-state index in [9.17, 15) is 19.8 Å². The maximum atomic E-state index is 12.2. The average molecular weight is 319 g/mol. The molecule has 3 N–H and O–H groups in total. The summed E-state index contributed by atoms with van der Waals surface area (Å²) in [6.07, 6.45) is 0. The Morgan fingerprint density at radius 3 is 2.55 bits per heavy atom. The molecule has 1 aromatic carbocycles. The van der Waals surface area contributed by atoms with E-state index < -0.39 is 5.97 Å². The minimum absolute atomic E-state index is 0.0370. The molecule has 0 aliphatic rings. The molecule has 0 radical (unpaired) electrons. The predicted octanol–water partition coefficient (Wildman–Crippen LogP) is 3.21. The Labute approximate surface area is 132 Å². The summed E-state index contributed by atoms with van der Waals surface area (Å²) in [5, 5.41) is 21.3. The van der Waals surface area contributed by atoms with Gasteiger partial charge in [-0.15, -0.1) is 11.3 Å². The molecule has 5 nitrogen and oxygen atoms in total. The lowest BCUT2D eigenvalue weighted by molar-refractivity contribution is 0.0700. The van der Waals surface area contributed by atoms with Crippen LogP contribution >= 0.6 is 11.3 Å². The van der Waals surface area contributed by atoms with E-state index in [2.05, 4.69) is 5.32 Å². The van der Waals surface area contributed by atoms with E-state index in [0.717, 1.165) is 16.9 Å². The molecular formula is C16H17NO4S. The van der Waals surface area contributed by atoms with E-state index in [-0.39, 0.29) is 29.0 Å². The van der Waals surface area contributed by atoms with Crippen LogP contribution in [0.15, 0.2) is 30.3 Å². The van der Waals surface area contributed by atoms with Gasteiger partial charge in [0.1, 0.15) is 10.6 Å². The summed E-state index contributed by atoms with van der Waals surface area (Å²) < 4.78 is 0. The predicted molar refractivity (Wildman–Crippen MR) is 84.6 cm³/mol. The van der Waals surface area contributed by atoms with E-state index in [1.54, 1.807) is 30.3 Å². The van der Waals surface area contributed by atoms with Crippen molar-refractivity contribution in [2.24, 2.45) is 0 Å². The molecule has 1 heterocycles. The lowest BCUT2D eigenvalue weighted by Gasteiger charge is -2.04. The van der Waals surface area contributed by atoms with E-state index >= 15 is 0 Å². The van der Waals surface area contributed by atoms with Crippen molar-refractivity contribution in [3.05, 3.63) is 51.2 Å². The van der Waals surface area contributed by atoms with Gasteiger partial charge in [-0.05, 0) is 35.2 Å². The van der Waals surface area contributed by atoms with Crippen LogP contribution in [0.2, 0.25) is 0 Å². The van der Waals surface area contributed by atoms with Crippen molar-refractivity contribution >= 4 is 23.2 Å². The molecule has 0 aliphatic heterocycles. The van der Waals surface area contributed by atoms with Crippen LogP contribution in [0.3, 0.4) is 0 Å². The third-order valence-corrected chi connectivity index (χ3v) is 4.30. The van der Waals surface area contributed by atoms with E-state index in [0.29, 0.717) is 10.4 Å². The van der Waals surface area contributed by atoms with Crippen molar-refractivity contribution in [1.82, 2.24) is 5.32 Å². The standard InChI is InChI=1S/C16H17NO4S/c1-9(2)12-7-13(22-14(12)16(20)21)15(19)17-8-10-4-3-5-11(18)6-10/h3-7,9,18H,8H2,1-2H3,(H,17,19)(H,20,21).